The first-order valence-electron chi connectivity index (χ1n) is 6.47. The van der Waals surface area contributed by atoms with Crippen molar-refractivity contribution in [2.24, 2.45) is 0 Å². The van der Waals surface area contributed by atoms with Crippen LogP contribution in [-0.4, -0.2) is 24.5 Å². The number of hydrogen-bond acceptors (Lipinski definition) is 2. The van der Waals surface area contributed by atoms with E-state index in [-0.39, 0.29) is 23.6 Å². The second kappa shape index (κ2) is 5.96. The van der Waals surface area contributed by atoms with Gasteiger partial charge in [-0.05, 0) is 38.4 Å². The van der Waals surface area contributed by atoms with Crippen LogP contribution < -0.4 is 10.6 Å². The van der Waals surface area contributed by atoms with Crippen molar-refractivity contribution in [1.82, 2.24) is 10.6 Å². The highest BCUT2D eigenvalue weighted by Gasteiger charge is 2.22. The Hall–Kier alpha value is -1.42. The molecule has 0 radical (unpaired) electrons. The van der Waals surface area contributed by atoms with Crippen molar-refractivity contribution in [3.05, 3.63) is 35.6 Å². The highest BCUT2D eigenvalue weighted by atomic mass is 19.1. The van der Waals surface area contributed by atoms with Gasteiger partial charge < -0.3 is 10.6 Å². The van der Waals surface area contributed by atoms with Crippen LogP contribution in [0.2, 0.25) is 0 Å². The number of rotatable bonds is 3. The molecule has 1 fully saturated rings. The van der Waals surface area contributed by atoms with E-state index in [0.717, 1.165) is 13.0 Å². The van der Waals surface area contributed by atoms with Crippen LogP contribution in [0, 0.1) is 5.82 Å². The lowest BCUT2D eigenvalue weighted by Crippen LogP contribution is -2.50. The van der Waals surface area contributed by atoms with Crippen molar-refractivity contribution < 1.29 is 9.18 Å². The first-order chi connectivity index (χ1) is 8.68. The van der Waals surface area contributed by atoms with Crippen LogP contribution in [0.1, 0.15) is 36.5 Å². The zero-order valence-electron chi connectivity index (χ0n) is 10.6. The molecular weight excluding hydrogens is 231 g/mol. The third-order valence-corrected chi connectivity index (χ3v) is 3.43. The third-order valence-electron chi connectivity index (χ3n) is 3.43. The van der Waals surface area contributed by atoms with Gasteiger partial charge in [0.15, 0.2) is 0 Å². The SMILES string of the molecule is CC(NC(=O)c1ccccc1F)C1CCCCN1. The number of hydrogen-bond donors (Lipinski definition) is 2. The standard InChI is InChI=1S/C14H19FN2O/c1-10(13-8-4-5-9-16-13)17-14(18)11-6-2-3-7-12(11)15/h2-3,6-7,10,13,16H,4-5,8-9H2,1H3,(H,17,18). The van der Waals surface area contributed by atoms with Crippen LogP contribution in [0.4, 0.5) is 4.39 Å². The van der Waals surface area contributed by atoms with Crippen LogP contribution in [0.25, 0.3) is 0 Å². The molecule has 1 amide bonds. The van der Waals surface area contributed by atoms with Crippen LogP contribution in [0.5, 0.6) is 0 Å². The fourth-order valence-electron chi connectivity index (χ4n) is 2.34. The van der Waals surface area contributed by atoms with Gasteiger partial charge in [-0.15, -0.1) is 0 Å². The Morgan fingerprint density at radius 1 is 1.44 bits per heavy atom. The molecule has 0 aromatic heterocycles. The number of amides is 1. The second-order valence-corrected chi connectivity index (χ2v) is 4.80. The summed E-state index contributed by atoms with van der Waals surface area (Å²) in [4.78, 5) is 11.9. The van der Waals surface area contributed by atoms with E-state index in [1.54, 1.807) is 12.1 Å². The Labute approximate surface area is 107 Å². The molecule has 1 aliphatic heterocycles. The average Bonchev–Trinajstić information content (AvgIpc) is 2.40. The molecule has 0 bridgehead atoms. The lowest BCUT2D eigenvalue weighted by molar-refractivity contribution is 0.0924. The number of benzene rings is 1. The van der Waals surface area contributed by atoms with E-state index in [0.29, 0.717) is 0 Å². The zero-order chi connectivity index (χ0) is 13.0. The number of piperidine rings is 1. The van der Waals surface area contributed by atoms with E-state index in [1.165, 1.54) is 25.0 Å². The molecule has 2 atom stereocenters. The van der Waals surface area contributed by atoms with Gasteiger partial charge >= 0.3 is 0 Å². The molecule has 98 valence electrons. The van der Waals surface area contributed by atoms with Gasteiger partial charge in [-0.3, -0.25) is 4.79 Å². The number of carbonyl (C=O) groups is 1. The monoisotopic (exact) mass is 250 g/mol. The van der Waals surface area contributed by atoms with Crippen molar-refractivity contribution in [3.8, 4) is 0 Å². The Balaban J connectivity index is 1.96. The van der Waals surface area contributed by atoms with E-state index in [9.17, 15) is 9.18 Å². The number of carbonyl (C=O) groups excluding carboxylic acids is 1. The minimum atomic E-state index is -0.473. The summed E-state index contributed by atoms with van der Waals surface area (Å²) in [5, 5.41) is 6.25. The van der Waals surface area contributed by atoms with E-state index < -0.39 is 5.82 Å². The summed E-state index contributed by atoms with van der Waals surface area (Å²) in [7, 11) is 0. The Morgan fingerprint density at radius 2 is 2.22 bits per heavy atom. The zero-order valence-corrected chi connectivity index (χ0v) is 10.6. The molecule has 18 heavy (non-hydrogen) atoms. The van der Waals surface area contributed by atoms with Gasteiger partial charge in [-0.2, -0.15) is 0 Å². The third kappa shape index (κ3) is 3.07. The average molecular weight is 250 g/mol. The molecule has 0 spiro atoms. The normalized spacial score (nSPS) is 21.3. The van der Waals surface area contributed by atoms with Gasteiger partial charge in [0, 0.05) is 12.1 Å². The Kier molecular flexibility index (Phi) is 4.31. The summed E-state index contributed by atoms with van der Waals surface area (Å²) in [5.74, 6) is -0.813. The highest BCUT2D eigenvalue weighted by molar-refractivity contribution is 5.94. The molecule has 2 unspecified atom stereocenters. The van der Waals surface area contributed by atoms with Gasteiger partial charge in [-0.25, -0.2) is 4.39 Å². The first kappa shape index (κ1) is 13.0. The van der Waals surface area contributed by atoms with Crippen molar-refractivity contribution in [2.45, 2.75) is 38.3 Å². The Bertz CT molecular complexity index is 416. The minimum absolute atomic E-state index is 0.0115. The van der Waals surface area contributed by atoms with Crippen molar-refractivity contribution in [1.29, 1.82) is 0 Å². The summed E-state index contributed by atoms with van der Waals surface area (Å²) in [6.45, 7) is 2.95. The van der Waals surface area contributed by atoms with E-state index >= 15 is 0 Å². The van der Waals surface area contributed by atoms with Crippen LogP contribution in [0.15, 0.2) is 24.3 Å². The van der Waals surface area contributed by atoms with Crippen LogP contribution in [0.3, 0.4) is 0 Å². The molecule has 1 aliphatic rings. The summed E-state index contributed by atoms with van der Waals surface area (Å²) in [6, 6.07) is 6.36. The van der Waals surface area contributed by atoms with Crippen molar-refractivity contribution in [2.75, 3.05) is 6.54 Å². The molecule has 0 aliphatic carbocycles. The van der Waals surface area contributed by atoms with E-state index in [1.807, 2.05) is 6.92 Å². The number of nitrogens with one attached hydrogen (secondary N) is 2. The van der Waals surface area contributed by atoms with Gasteiger partial charge in [0.1, 0.15) is 5.82 Å². The first-order valence-corrected chi connectivity index (χ1v) is 6.47. The van der Waals surface area contributed by atoms with Gasteiger partial charge in [0.2, 0.25) is 0 Å². The molecule has 4 heteroatoms. The van der Waals surface area contributed by atoms with Gasteiger partial charge in [-0.1, -0.05) is 18.6 Å². The van der Waals surface area contributed by atoms with E-state index in [2.05, 4.69) is 10.6 Å². The summed E-state index contributed by atoms with van der Waals surface area (Å²) >= 11 is 0. The largest absolute Gasteiger partial charge is 0.348 e. The molecule has 3 nitrogen and oxygen atoms in total. The molecule has 1 heterocycles. The molecule has 2 N–H and O–H groups in total. The van der Waals surface area contributed by atoms with Gasteiger partial charge in [0.25, 0.3) is 5.91 Å². The molecule has 2 rings (SSSR count). The van der Waals surface area contributed by atoms with Gasteiger partial charge in [0.05, 0.1) is 5.56 Å². The number of halogens is 1. The van der Waals surface area contributed by atoms with E-state index in [4.69, 9.17) is 0 Å². The van der Waals surface area contributed by atoms with Crippen molar-refractivity contribution >= 4 is 5.91 Å². The quantitative estimate of drug-likeness (QED) is 0.862. The summed E-state index contributed by atoms with van der Waals surface area (Å²) in [6.07, 6.45) is 3.42. The summed E-state index contributed by atoms with van der Waals surface area (Å²) < 4.78 is 13.5. The topological polar surface area (TPSA) is 41.1 Å². The van der Waals surface area contributed by atoms with Crippen LogP contribution in [-0.2, 0) is 0 Å². The second-order valence-electron chi connectivity index (χ2n) is 4.80. The molecular formula is C14H19FN2O. The predicted molar refractivity (Wildman–Crippen MR) is 69.0 cm³/mol. The highest BCUT2D eigenvalue weighted by Crippen LogP contribution is 2.12. The smallest absolute Gasteiger partial charge is 0.254 e. The maximum absolute atomic E-state index is 13.5. The Morgan fingerprint density at radius 3 is 2.89 bits per heavy atom. The minimum Gasteiger partial charge on any atom is -0.348 e. The fraction of sp³-hybridized carbons (Fsp3) is 0.500. The molecule has 1 aromatic carbocycles. The maximum atomic E-state index is 13.5. The molecule has 1 saturated heterocycles. The maximum Gasteiger partial charge on any atom is 0.254 e. The lowest BCUT2D eigenvalue weighted by atomic mass is 9.99. The molecule has 1 aromatic rings. The van der Waals surface area contributed by atoms with Crippen LogP contribution >= 0.6 is 0 Å². The molecule has 0 saturated carbocycles. The predicted octanol–water partition coefficient (Wildman–Crippen LogP) is 2.09. The fourth-order valence-corrected chi connectivity index (χ4v) is 2.34. The lowest BCUT2D eigenvalue weighted by Gasteiger charge is -2.29. The summed E-state index contributed by atoms with van der Waals surface area (Å²) in [5.41, 5.74) is 0.111. The van der Waals surface area contributed by atoms with Crippen molar-refractivity contribution in [3.63, 3.8) is 0 Å².